The summed E-state index contributed by atoms with van der Waals surface area (Å²) in [6.45, 7) is 5.86. The molecule has 13 nitrogen and oxygen atoms in total. The summed E-state index contributed by atoms with van der Waals surface area (Å²) >= 11 is 1.72. The van der Waals surface area contributed by atoms with Crippen molar-refractivity contribution in [3.63, 3.8) is 0 Å². The maximum Gasteiger partial charge on any atom is 0.261 e. The van der Waals surface area contributed by atoms with Gasteiger partial charge < -0.3 is 40.0 Å². The number of aliphatic hydroxyl groups is 1. The van der Waals surface area contributed by atoms with Gasteiger partial charge in [-0.1, -0.05) is 0 Å². The van der Waals surface area contributed by atoms with Crippen LogP contribution in [0.1, 0.15) is 63.6 Å². The molecule has 304 valence electrons. The molecule has 0 spiro atoms. The summed E-state index contributed by atoms with van der Waals surface area (Å²) < 4.78 is 41.6. The van der Waals surface area contributed by atoms with E-state index in [4.69, 9.17) is 9.47 Å². The summed E-state index contributed by atoms with van der Waals surface area (Å²) in [4.78, 5) is 48.1. The standard InChI is InChI=1S/C40H53F2N7O6S/c41-31-19-27(44-33-2-4-37(51)47-39(33)52)1-3-35(31)49-15-8-28(9-16-49)48-13-6-26(7-14-48)43-12-5-25(22-50)23-55-29-20-32(42)38-34(21-29)45-36(46-40(38)53)24-56-30-10-17-54-18-11-30/h1,3,19-21,25-26,28,30,33,43-44,50H,2,4-18,22-24H2,(H,45,46,53)(H,47,51,52). The van der Waals surface area contributed by atoms with E-state index in [9.17, 15) is 19.5 Å². The fraction of sp³-hybridized carbons (Fsp3) is 0.600. The van der Waals surface area contributed by atoms with Gasteiger partial charge in [-0.05, 0) is 89.2 Å². The molecule has 0 saturated carbocycles. The Labute approximate surface area is 329 Å². The highest BCUT2D eigenvalue weighted by molar-refractivity contribution is 7.99. The number of likely N-dealkylation sites (tertiary alicyclic amines) is 1. The minimum atomic E-state index is -0.684. The molecule has 16 heteroatoms. The van der Waals surface area contributed by atoms with Crippen molar-refractivity contribution in [2.45, 2.75) is 86.9 Å². The van der Waals surface area contributed by atoms with Crippen LogP contribution >= 0.6 is 11.8 Å². The summed E-state index contributed by atoms with van der Waals surface area (Å²) in [5.41, 5.74) is 0.838. The highest BCUT2D eigenvalue weighted by Gasteiger charge is 2.30. The summed E-state index contributed by atoms with van der Waals surface area (Å²) in [5, 5.41) is 19.5. The highest BCUT2D eigenvalue weighted by atomic mass is 32.2. The van der Waals surface area contributed by atoms with Crippen molar-refractivity contribution >= 4 is 45.9 Å². The largest absolute Gasteiger partial charge is 0.493 e. The average molecular weight is 798 g/mol. The Morgan fingerprint density at radius 3 is 2.50 bits per heavy atom. The van der Waals surface area contributed by atoms with Gasteiger partial charge in [-0.3, -0.25) is 19.7 Å². The van der Waals surface area contributed by atoms with Crippen LogP contribution in [0.3, 0.4) is 0 Å². The first-order valence-electron chi connectivity index (χ1n) is 20.0. The number of H-pyrrole nitrogens is 1. The molecule has 2 aromatic carbocycles. The highest BCUT2D eigenvalue weighted by Crippen LogP contribution is 2.30. The topological polar surface area (TPSA) is 161 Å². The number of fused-ring (bicyclic) bond motifs is 1. The summed E-state index contributed by atoms with van der Waals surface area (Å²) in [5.74, 6) is -0.516. The average Bonchev–Trinajstić information content (AvgIpc) is 3.20. The smallest absolute Gasteiger partial charge is 0.261 e. The maximum atomic E-state index is 15.2. The Morgan fingerprint density at radius 2 is 1.77 bits per heavy atom. The molecule has 5 N–H and O–H groups in total. The van der Waals surface area contributed by atoms with Gasteiger partial charge in [0.05, 0.1) is 23.6 Å². The third kappa shape index (κ3) is 10.4. The van der Waals surface area contributed by atoms with E-state index in [2.05, 4.69) is 35.7 Å². The van der Waals surface area contributed by atoms with E-state index in [1.165, 1.54) is 12.1 Å². The Balaban J connectivity index is 0.811. The number of hydrogen-bond acceptors (Lipinski definition) is 12. The Kier molecular flexibility index (Phi) is 13.8. The normalized spacial score (nSPS) is 21.3. The number of nitrogens with zero attached hydrogens (tertiary/aromatic N) is 3. The fourth-order valence-corrected chi connectivity index (χ4v) is 9.25. The number of aromatic nitrogens is 2. The molecular formula is C40H53F2N7O6S. The quantitative estimate of drug-likeness (QED) is 0.141. The zero-order valence-corrected chi connectivity index (χ0v) is 32.5. The Hall–Kier alpha value is -3.83. The molecule has 4 fully saturated rings. The van der Waals surface area contributed by atoms with Gasteiger partial charge in [0.15, 0.2) is 0 Å². The predicted molar refractivity (Wildman–Crippen MR) is 212 cm³/mol. The molecule has 4 aliphatic rings. The van der Waals surface area contributed by atoms with Crippen molar-refractivity contribution < 1.29 is 33.0 Å². The van der Waals surface area contributed by atoms with Crippen LogP contribution in [0.4, 0.5) is 20.2 Å². The monoisotopic (exact) mass is 797 g/mol. The Morgan fingerprint density at radius 1 is 0.982 bits per heavy atom. The van der Waals surface area contributed by atoms with E-state index in [0.717, 1.165) is 84.5 Å². The minimum absolute atomic E-state index is 0.0618. The second-order valence-electron chi connectivity index (χ2n) is 15.4. The molecule has 2 unspecified atom stereocenters. The molecule has 2 atom stereocenters. The summed E-state index contributed by atoms with van der Waals surface area (Å²) in [7, 11) is 0. The van der Waals surface area contributed by atoms with Crippen LogP contribution in [0.2, 0.25) is 0 Å². The van der Waals surface area contributed by atoms with Gasteiger partial charge in [0.1, 0.15) is 34.6 Å². The molecule has 2 amide bonds. The van der Waals surface area contributed by atoms with Gasteiger partial charge in [0, 0.05) is 80.4 Å². The fourth-order valence-electron chi connectivity index (χ4n) is 8.20. The number of halogens is 2. The lowest BCUT2D eigenvalue weighted by molar-refractivity contribution is -0.133. The van der Waals surface area contributed by atoms with E-state index in [0.29, 0.717) is 53.1 Å². The molecule has 5 heterocycles. The number of nitrogens with one attached hydrogen (secondary N) is 4. The van der Waals surface area contributed by atoms with Gasteiger partial charge in [-0.15, -0.1) is 0 Å². The number of piperidine rings is 3. The van der Waals surface area contributed by atoms with Crippen molar-refractivity contribution in [1.29, 1.82) is 0 Å². The van der Waals surface area contributed by atoms with Crippen LogP contribution in [0.25, 0.3) is 10.9 Å². The number of carbonyl (C=O) groups is 2. The Bertz CT molecular complexity index is 1880. The van der Waals surface area contributed by atoms with E-state index in [1.807, 2.05) is 0 Å². The third-order valence-electron chi connectivity index (χ3n) is 11.5. The summed E-state index contributed by atoms with van der Waals surface area (Å²) in [6.07, 6.45) is 7.21. The van der Waals surface area contributed by atoms with Crippen LogP contribution in [-0.2, 0) is 20.1 Å². The number of benzene rings is 2. The zero-order valence-electron chi connectivity index (χ0n) is 31.7. The molecule has 7 rings (SSSR count). The molecular weight excluding hydrogens is 745 g/mol. The molecule has 0 radical (unpaired) electrons. The second kappa shape index (κ2) is 19.1. The lowest BCUT2D eigenvalue weighted by Gasteiger charge is -2.42. The molecule has 56 heavy (non-hydrogen) atoms. The van der Waals surface area contributed by atoms with E-state index < -0.39 is 17.4 Å². The van der Waals surface area contributed by atoms with Crippen LogP contribution in [-0.4, -0.2) is 114 Å². The third-order valence-corrected chi connectivity index (χ3v) is 12.9. The number of carbonyl (C=O) groups excluding carboxylic acids is 2. The lowest BCUT2D eigenvalue weighted by Crippen LogP contribution is -2.50. The molecule has 4 aliphatic heterocycles. The molecule has 1 aromatic heterocycles. The number of thioether (sulfide) groups is 1. The van der Waals surface area contributed by atoms with E-state index in [1.54, 1.807) is 30.0 Å². The molecule has 0 aliphatic carbocycles. The second-order valence-corrected chi connectivity index (χ2v) is 16.7. The summed E-state index contributed by atoms with van der Waals surface area (Å²) in [6, 6.07) is 8.07. The van der Waals surface area contributed by atoms with Crippen molar-refractivity contribution in [3.8, 4) is 5.75 Å². The minimum Gasteiger partial charge on any atom is -0.493 e. The first-order valence-corrected chi connectivity index (χ1v) is 21.0. The number of aliphatic hydroxyl groups excluding tert-OH is 1. The molecule has 4 saturated heterocycles. The van der Waals surface area contributed by atoms with Gasteiger partial charge >= 0.3 is 0 Å². The number of anilines is 2. The van der Waals surface area contributed by atoms with E-state index >= 15 is 8.78 Å². The van der Waals surface area contributed by atoms with E-state index in [-0.39, 0.29) is 59.8 Å². The van der Waals surface area contributed by atoms with Crippen LogP contribution in [0.5, 0.6) is 5.75 Å². The van der Waals surface area contributed by atoms with Crippen LogP contribution in [0, 0.1) is 17.6 Å². The number of hydrogen-bond donors (Lipinski definition) is 5. The zero-order chi connectivity index (χ0) is 39.0. The predicted octanol–water partition coefficient (Wildman–Crippen LogP) is 3.93. The van der Waals surface area contributed by atoms with Gasteiger partial charge in [0.25, 0.3) is 5.56 Å². The van der Waals surface area contributed by atoms with Crippen molar-refractivity contribution in [2.75, 3.05) is 69.4 Å². The van der Waals surface area contributed by atoms with Crippen molar-refractivity contribution in [1.82, 2.24) is 25.5 Å². The SMILES string of the molecule is O=C1CCC(Nc2ccc(N3CCC(N4CCC(NCCC(CO)COc5cc(F)c6c(=O)[nH]c(CSC7CCOCC7)nc6c5)CC4)CC3)c(F)c2)C(=O)N1. The van der Waals surface area contributed by atoms with Crippen LogP contribution in [0.15, 0.2) is 35.1 Å². The van der Waals surface area contributed by atoms with Gasteiger partial charge in [0.2, 0.25) is 11.8 Å². The van der Waals surface area contributed by atoms with Gasteiger partial charge in [-0.2, -0.15) is 11.8 Å². The number of rotatable bonds is 15. The molecule has 0 bridgehead atoms. The maximum absolute atomic E-state index is 15.2. The van der Waals surface area contributed by atoms with Crippen LogP contribution < -0.4 is 31.1 Å². The van der Waals surface area contributed by atoms with Crippen molar-refractivity contribution in [2.24, 2.45) is 5.92 Å². The van der Waals surface area contributed by atoms with Gasteiger partial charge in [-0.25, -0.2) is 13.8 Å². The van der Waals surface area contributed by atoms with Crippen molar-refractivity contribution in [3.05, 3.63) is 58.1 Å². The number of amides is 2. The number of ether oxygens (including phenoxy) is 2. The first-order chi connectivity index (χ1) is 27.2. The first kappa shape index (κ1) is 40.4. The number of aromatic amines is 1. The lowest BCUT2D eigenvalue weighted by atomic mass is 9.97. The number of imide groups is 1. The molecule has 3 aromatic rings.